The molecular formula is C26H46Cl2N2Ti-2. The van der Waals surface area contributed by atoms with Crippen molar-refractivity contribution in [3.8, 4) is 0 Å². The van der Waals surface area contributed by atoms with E-state index in [0.29, 0.717) is 24.2 Å². The van der Waals surface area contributed by atoms with Gasteiger partial charge in [-0.25, -0.2) is 0 Å². The molecule has 0 heterocycles. The second-order valence-electron chi connectivity index (χ2n) is 11.6. The standard InChI is InChI=1S/C26H46N2.2ClH.Ti/c1-17-11-13-22(19(3)15-17)27-24-9-5-7-21-8-6-10-25(26(21)24)28-23-14-12-18(2)16-20(23)4;;;/h17-26H,5-16H2,1-4H3;2*1H;/q-2;;;+2/p-2. The first-order chi connectivity index (χ1) is 14.9. The van der Waals surface area contributed by atoms with Gasteiger partial charge < -0.3 is 10.6 Å². The molecule has 0 spiro atoms. The summed E-state index contributed by atoms with van der Waals surface area (Å²) < 4.78 is 0. The van der Waals surface area contributed by atoms with Crippen molar-refractivity contribution in [3.05, 3.63) is 10.6 Å². The molecular weight excluding hydrogens is 459 g/mol. The maximum atomic E-state index is 5.61. The van der Waals surface area contributed by atoms with Crippen LogP contribution < -0.4 is 0 Å². The predicted octanol–water partition coefficient (Wildman–Crippen LogP) is 9.10. The van der Waals surface area contributed by atoms with Crippen LogP contribution in [0.5, 0.6) is 0 Å². The Balaban J connectivity index is 0.000000858. The third-order valence-electron chi connectivity index (χ3n) is 9.12. The fourth-order valence-corrected chi connectivity index (χ4v) is 7.56. The molecule has 180 valence electrons. The van der Waals surface area contributed by atoms with E-state index >= 15 is 0 Å². The fraction of sp³-hybridized carbons (Fsp3) is 1.00. The Morgan fingerprint density at radius 2 is 1.00 bits per heavy atom. The van der Waals surface area contributed by atoms with E-state index in [2.05, 4.69) is 27.7 Å². The predicted molar refractivity (Wildman–Crippen MR) is 133 cm³/mol. The molecule has 8 unspecified atom stereocenters. The summed E-state index contributed by atoms with van der Waals surface area (Å²) in [5, 5.41) is 11.2. The molecule has 4 fully saturated rings. The summed E-state index contributed by atoms with van der Waals surface area (Å²) >= 11 is -0.556. The normalized spacial score (nSPS) is 45.7. The zero-order chi connectivity index (χ0) is 22.4. The van der Waals surface area contributed by atoms with Crippen LogP contribution in [0.3, 0.4) is 0 Å². The Bertz CT molecular complexity index is 480. The van der Waals surface area contributed by atoms with Crippen LogP contribution in [0.4, 0.5) is 0 Å². The number of hydrogen-bond acceptors (Lipinski definition) is 0. The van der Waals surface area contributed by atoms with Gasteiger partial charge >= 0.3 is 35.6 Å². The molecule has 4 aliphatic rings. The second-order valence-corrected chi connectivity index (χ2v) is 14.2. The first kappa shape index (κ1) is 26.8. The Morgan fingerprint density at radius 3 is 1.39 bits per heavy atom. The molecule has 0 N–H and O–H groups in total. The number of nitrogens with zero attached hydrogens (tertiary/aromatic N) is 2. The minimum atomic E-state index is -0.556. The number of halogens is 2. The van der Waals surface area contributed by atoms with Gasteiger partial charge in [-0.2, -0.15) is 0 Å². The van der Waals surface area contributed by atoms with Crippen molar-refractivity contribution >= 4 is 18.6 Å². The monoisotopic (exact) mass is 504 g/mol. The first-order valence-electron chi connectivity index (χ1n) is 13.3. The zero-order valence-electron chi connectivity index (χ0n) is 20.4. The Hall–Kier alpha value is 1.21. The summed E-state index contributed by atoms with van der Waals surface area (Å²) in [5.41, 5.74) is 0. The van der Waals surface area contributed by atoms with E-state index in [1.165, 1.54) is 77.0 Å². The van der Waals surface area contributed by atoms with Crippen LogP contribution in [0.25, 0.3) is 10.6 Å². The molecule has 2 nitrogen and oxygen atoms in total. The number of rotatable bonds is 4. The molecule has 0 bridgehead atoms. The van der Waals surface area contributed by atoms with Crippen LogP contribution in [0.2, 0.25) is 0 Å². The molecule has 31 heavy (non-hydrogen) atoms. The average molecular weight is 505 g/mol. The van der Waals surface area contributed by atoms with Gasteiger partial charge in [0.05, 0.1) is 0 Å². The molecule has 0 radical (unpaired) electrons. The van der Waals surface area contributed by atoms with Crippen molar-refractivity contribution in [1.82, 2.24) is 0 Å². The first-order valence-corrected chi connectivity index (χ1v) is 17.6. The average Bonchev–Trinajstić information content (AvgIpc) is 2.73. The molecule has 4 rings (SSSR count). The van der Waals surface area contributed by atoms with Gasteiger partial charge in [-0.3, -0.25) is 0 Å². The van der Waals surface area contributed by atoms with Crippen LogP contribution in [0.1, 0.15) is 105 Å². The molecule has 4 aliphatic carbocycles. The van der Waals surface area contributed by atoms with Crippen LogP contribution in [0.15, 0.2) is 0 Å². The van der Waals surface area contributed by atoms with Crippen molar-refractivity contribution < 1.29 is 17.0 Å². The van der Waals surface area contributed by atoms with Crippen LogP contribution in [-0.2, 0) is 17.0 Å². The van der Waals surface area contributed by atoms with Gasteiger partial charge in [-0.1, -0.05) is 110 Å². The topological polar surface area (TPSA) is 28.2 Å². The van der Waals surface area contributed by atoms with Crippen molar-refractivity contribution in [3.63, 3.8) is 0 Å². The van der Waals surface area contributed by atoms with Gasteiger partial charge in [0.15, 0.2) is 0 Å². The third kappa shape index (κ3) is 7.60. The summed E-state index contributed by atoms with van der Waals surface area (Å²) in [5.74, 6) is 5.11. The molecule has 0 aliphatic heterocycles. The van der Waals surface area contributed by atoms with E-state index in [1.807, 2.05) is 0 Å². The van der Waals surface area contributed by atoms with Crippen molar-refractivity contribution in [2.75, 3.05) is 0 Å². The van der Waals surface area contributed by atoms with Crippen molar-refractivity contribution in [2.45, 2.75) is 129 Å². The van der Waals surface area contributed by atoms with E-state index in [-0.39, 0.29) is 0 Å². The van der Waals surface area contributed by atoms with E-state index in [4.69, 9.17) is 29.2 Å². The molecule has 5 heteroatoms. The van der Waals surface area contributed by atoms with Gasteiger partial charge in [-0.05, 0) is 30.6 Å². The SMILES string of the molecule is CC1CCC([N-]C2CCCC3CCCC([N-]C4CCC(C)CC4C)C32)C(C)C1.[Cl][Ti][Cl]. The molecule has 0 amide bonds. The number of hydrogen-bond donors (Lipinski definition) is 0. The van der Waals surface area contributed by atoms with Crippen LogP contribution >= 0.6 is 18.6 Å². The Morgan fingerprint density at radius 1 is 0.581 bits per heavy atom. The quantitative estimate of drug-likeness (QED) is 0.341. The molecule has 8 atom stereocenters. The van der Waals surface area contributed by atoms with Gasteiger partial charge in [0.1, 0.15) is 0 Å². The Labute approximate surface area is 209 Å². The van der Waals surface area contributed by atoms with E-state index in [9.17, 15) is 0 Å². The summed E-state index contributed by atoms with van der Waals surface area (Å²) in [6, 6.07) is 2.51. The Kier molecular flexibility index (Phi) is 11.5. The van der Waals surface area contributed by atoms with Gasteiger partial charge in [0.25, 0.3) is 0 Å². The molecule has 0 aromatic carbocycles. The number of fused-ring (bicyclic) bond motifs is 1. The van der Waals surface area contributed by atoms with Gasteiger partial charge in [0.2, 0.25) is 0 Å². The van der Waals surface area contributed by atoms with E-state index < -0.39 is 17.0 Å². The van der Waals surface area contributed by atoms with Gasteiger partial charge in [0, 0.05) is 0 Å². The van der Waals surface area contributed by atoms with E-state index in [0.717, 1.165) is 35.5 Å². The fourth-order valence-electron chi connectivity index (χ4n) is 7.56. The third-order valence-corrected chi connectivity index (χ3v) is 9.12. The summed E-state index contributed by atoms with van der Waals surface area (Å²) in [6.07, 6.45) is 16.7. The minimum absolute atomic E-state index is 0.556. The van der Waals surface area contributed by atoms with Crippen molar-refractivity contribution in [2.24, 2.45) is 35.5 Å². The molecule has 4 saturated carbocycles. The summed E-state index contributed by atoms with van der Waals surface area (Å²) in [6.45, 7) is 9.81. The second kappa shape index (κ2) is 13.3. The van der Waals surface area contributed by atoms with Gasteiger partial charge in [-0.15, -0.1) is 24.2 Å². The van der Waals surface area contributed by atoms with Crippen LogP contribution in [-0.4, -0.2) is 24.2 Å². The van der Waals surface area contributed by atoms with Crippen LogP contribution in [0, 0.1) is 35.5 Å². The van der Waals surface area contributed by atoms with Crippen molar-refractivity contribution in [1.29, 1.82) is 0 Å². The summed E-state index contributed by atoms with van der Waals surface area (Å²) in [4.78, 5) is 0. The zero-order valence-corrected chi connectivity index (χ0v) is 23.5. The molecule has 0 aromatic heterocycles. The molecule has 0 aromatic rings. The summed E-state index contributed by atoms with van der Waals surface area (Å²) in [7, 11) is 9.78. The van der Waals surface area contributed by atoms with E-state index in [1.54, 1.807) is 0 Å². The maximum absolute atomic E-state index is 5.61. The molecule has 0 saturated heterocycles.